The van der Waals surface area contributed by atoms with Crippen molar-refractivity contribution in [2.45, 2.75) is 70.4 Å². The lowest BCUT2D eigenvalue weighted by atomic mass is 10.2. The molecule has 0 spiro atoms. The van der Waals surface area contributed by atoms with Crippen LogP contribution in [0, 0.1) is 0 Å². The van der Waals surface area contributed by atoms with Crippen molar-refractivity contribution < 1.29 is 22.8 Å². The molecule has 0 aliphatic heterocycles. The number of nitrogens with zero attached hydrogens (tertiary/aromatic N) is 7. The van der Waals surface area contributed by atoms with Crippen molar-refractivity contribution in [2.75, 3.05) is 0 Å². The van der Waals surface area contributed by atoms with Crippen molar-refractivity contribution in [1.82, 2.24) is 45.6 Å². The summed E-state index contributed by atoms with van der Waals surface area (Å²) in [6.45, 7) is 0.892. The highest BCUT2D eigenvalue weighted by atomic mass is 19.4. The highest BCUT2D eigenvalue weighted by molar-refractivity contribution is 5.92. The van der Waals surface area contributed by atoms with Gasteiger partial charge < -0.3 is 10.6 Å². The number of aromatic nitrogens is 7. The summed E-state index contributed by atoms with van der Waals surface area (Å²) in [7, 11) is 0. The summed E-state index contributed by atoms with van der Waals surface area (Å²) in [5.41, 5.74) is -0.398. The number of hydrogen-bond donors (Lipinski definition) is 2. The van der Waals surface area contributed by atoms with E-state index in [9.17, 15) is 22.8 Å². The van der Waals surface area contributed by atoms with Crippen LogP contribution in [-0.2, 0) is 25.8 Å². The van der Waals surface area contributed by atoms with E-state index in [0.717, 1.165) is 50.4 Å². The second-order valence-corrected chi connectivity index (χ2v) is 8.61. The number of unbranched alkanes of at least 4 members (excludes halogenated alkanes) is 1. The number of pyridine rings is 1. The van der Waals surface area contributed by atoms with E-state index >= 15 is 0 Å². The largest absolute Gasteiger partial charge is 0.416 e. The van der Waals surface area contributed by atoms with Gasteiger partial charge in [-0.1, -0.05) is 23.3 Å². The van der Waals surface area contributed by atoms with Gasteiger partial charge in [0.25, 0.3) is 11.8 Å². The average molecular weight is 506 g/mol. The second kappa shape index (κ2) is 11.3. The van der Waals surface area contributed by atoms with Crippen LogP contribution in [0.1, 0.15) is 70.8 Å². The van der Waals surface area contributed by atoms with Gasteiger partial charge in [0.15, 0.2) is 11.4 Å². The minimum absolute atomic E-state index is 0.0520. The molecule has 14 heteroatoms. The van der Waals surface area contributed by atoms with Crippen molar-refractivity contribution in [2.24, 2.45) is 0 Å². The molecule has 0 unspecified atom stereocenters. The lowest BCUT2D eigenvalue weighted by Crippen LogP contribution is -2.32. The van der Waals surface area contributed by atoms with Crippen LogP contribution in [0.15, 0.2) is 30.7 Å². The Balaban J connectivity index is 1.18. The third-order valence-electron chi connectivity index (χ3n) is 5.83. The van der Waals surface area contributed by atoms with Crippen molar-refractivity contribution in [3.63, 3.8) is 0 Å². The summed E-state index contributed by atoms with van der Waals surface area (Å²) >= 11 is 0. The molecule has 1 aliphatic carbocycles. The van der Waals surface area contributed by atoms with E-state index in [1.165, 1.54) is 10.9 Å². The number of aryl methyl sites for hydroxylation is 2. The zero-order chi connectivity index (χ0) is 25.5. The van der Waals surface area contributed by atoms with Gasteiger partial charge in [-0.3, -0.25) is 23.9 Å². The number of nitrogens with one attached hydrogen (secondary N) is 2. The van der Waals surface area contributed by atoms with E-state index in [-0.39, 0.29) is 29.9 Å². The number of amides is 2. The standard InChI is InChI=1S/C22H26F3N9O2/c23-22(24,25)15-7-8-26-17(11-15)12-27-20(35)18-13-33(31-29-18)9-3-4-10-34-14-19(30-32-34)21(36)28-16-5-1-2-6-16/h7-8,11,13-14,16H,1-6,9-10,12H2,(H,27,35)(H,28,36). The summed E-state index contributed by atoms with van der Waals surface area (Å²) in [4.78, 5) is 28.4. The number of halogens is 3. The number of hydrogen-bond acceptors (Lipinski definition) is 7. The molecular formula is C22H26F3N9O2. The molecule has 0 radical (unpaired) electrons. The SMILES string of the molecule is O=C(NCc1cc(C(F)(F)F)ccn1)c1cn(CCCCn2cc(C(=O)NC3CCCC3)nn2)nn1. The summed E-state index contributed by atoms with van der Waals surface area (Å²) in [6, 6.07) is 1.97. The molecule has 1 fully saturated rings. The molecule has 3 aromatic heterocycles. The van der Waals surface area contributed by atoms with Crippen LogP contribution in [0.25, 0.3) is 0 Å². The van der Waals surface area contributed by atoms with Crippen LogP contribution in [0.2, 0.25) is 0 Å². The number of carbonyl (C=O) groups excluding carboxylic acids is 2. The highest BCUT2D eigenvalue weighted by Gasteiger charge is 2.30. The normalized spacial score (nSPS) is 14.2. The molecule has 4 rings (SSSR count). The molecular weight excluding hydrogens is 479 g/mol. The fourth-order valence-corrected chi connectivity index (χ4v) is 3.91. The van der Waals surface area contributed by atoms with E-state index in [2.05, 4.69) is 36.2 Å². The van der Waals surface area contributed by atoms with Crippen LogP contribution in [0.5, 0.6) is 0 Å². The molecule has 1 saturated carbocycles. The van der Waals surface area contributed by atoms with E-state index in [1.807, 2.05) is 0 Å². The first-order valence-electron chi connectivity index (χ1n) is 11.7. The topological polar surface area (TPSA) is 133 Å². The van der Waals surface area contributed by atoms with Gasteiger partial charge >= 0.3 is 6.18 Å². The van der Waals surface area contributed by atoms with Gasteiger partial charge in [0, 0.05) is 25.3 Å². The first-order valence-corrected chi connectivity index (χ1v) is 11.7. The van der Waals surface area contributed by atoms with E-state index in [4.69, 9.17) is 0 Å². The Hall–Kier alpha value is -3.84. The van der Waals surface area contributed by atoms with E-state index < -0.39 is 17.6 Å². The third kappa shape index (κ3) is 6.86. The Bertz CT molecular complexity index is 1190. The molecule has 2 amide bonds. The molecule has 0 aromatic carbocycles. The number of rotatable bonds is 10. The average Bonchev–Trinajstić information content (AvgIpc) is 3.62. The van der Waals surface area contributed by atoms with Crippen LogP contribution in [-0.4, -0.2) is 52.8 Å². The minimum atomic E-state index is -4.48. The third-order valence-corrected chi connectivity index (χ3v) is 5.83. The predicted octanol–water partition coefficient (Wildman–Crippen LogP) is 2.37. The van der Waals surface area contributed by atoms with Gasteiger partial charge in [-0.05, 0) is 37.8 Å². The van der Waals surface area contributed by atoms with Crippen molar-refractivity contribution in [3.05, 3.63) is 53.4 Å². The smallest absolute Gasteiger partial charge is 0.348 e. The maximum atomic E-state index is 12.8. The van der Waals surface area contributed by atoms with Crippen LogP contribution in [0.4, 0.5) is 13.2 Å². The van der Waals surface area contributed by atoms with Crippen molar-refractivity contribution >= 4 is 11.8 Å². The zero-order valence-electron chi connectivity index (χ0n) is 19.4. The van der Waals surface area contributed by atoms with E-state index in [1.54, 1.807) is 10.9 Å². The minimum Gasteiger partial charge on any atom is -0.348 e. The molecule has 3 heterocycles. The Morgan fingerprint density at radius 3 is 2.19 bits per heavy atom. The summed E-state index contributed by atoms with van der Waals surface area (Å²) in [6.07, 6.45) is 5.36. The molecule has 3 aromatic rings. The Kier molecular flexibility index (Phi) is 7.90. The van der Waals surface area contributed by atoms with Gasteiger partial charge in [-0.25, -0.2) is 0 Å². The first-order chi connectivity index (χ1) is 17.3. The summed E-state index contributed by atoms with van der Waals surface area (Å²) in [5.74, 6) is -0.767. The molecule has 1 aliphatic rings. The maximum absolute atomic E-state index is 12.8. The predicted molar refractivity (Wildman–Crippen MR) is 119 cm³/mol. The molecule has 11 nitrogen and oxygen atoms in total. The van der Waals surface area contributed by atoms with Gasteiger partial charge in [0.2, 0.25) is 0 Å². The van der Waals surface area contributed by atoms with E-state index in [0.29, 0.717) is 25.2 Å². The highest BCUT2D eigenvalue weighted by Crippen LogP contribution is 2.29. The van der Waals surface area contributed by atoms with Gasteiger partial charge in [0.05, 0.1) is 30.2 Å². The fraction of sp³-hybridized carbons (Fsp3) is 0.500. The monoisotopic (exact) mass is 505 g/mol. The van der Waals surface area contributed by atoms with Gasteiger partial charge in [-0.15, -0.1) is 10.2 Å². The molecule has 192 valence electrons. The van der Waals surface area contributed by atoms with Crippen molar-refractivity contribution in [3.8, 4) is 0 Å². The Morgan fingerprint density at radius 2 is 1.58 bits per heavy atom. The summed E-state index contributed by atoms with van der Waals surface area (Å²) in [5, 5.41) is 21.1. The maximum Gasteiger partial charge on any atom is 0.416 e. The molecule has 0 bridgehead atoms. The van der Waals surface area contributed by atoms with Gasteiger partial charge in [0.1, 0.15) is 0 Å². The molecule has 2 N–H and O–H groups in total. The van der Waals surface area contributed by atoms with Gasteiger partial charge in [-0.2, -0.15) is 13.2 Å². The lowest BCUT2D eigenvalue weighted by molar-refractivity contribution is -0.137. The molecule has 0 atom stereocenters. The molecule has 36 heavy (non-hydrogen) atoms. The van der Waals surface area contributed by atoms with Crippen LogP contribution < -0.4 is 10.6 Å². The van der Waals surface area contributed by atoms with Crippen molar-refractivity contribution in [1.29, 1.82) is 0 Å². The first kappa shape index (κ1) is 25.3. The number of alkyl halides is 3. The number of carbonyl (C=O) groups is 2. The molecule has 0 saturated heterocycles. The summed E-state index contributed by atoms with van der Waals surface area (Å²) < 4.78 is 41.5. The second-order valence-electron chi connectivity index (χ2n) is 8.61. The van der Waals surface area contributed by atoms with Crippen LogP contribution >= 0.6 is 0 Å². The Labute approximate surface area is 204 Å². The fourth-order valence-electron chi connectivity index (χ4n) is 3.91. The van der Waals surface area contributed by atoms with Crippen LogP contribution in [0.3, 0.4) is 0 Å². The quantitative estimate of drug-likeness (QED) is 0.404. The Morgan fingerprint density at radius 1 is 0.972 bits per heavy atom. The lowest BCUT2D eigenvalue weighted by Gasteiger charge is -2.09. The zero-order valence-corrected chi connectivity index (χ0v) is 19.4.